The number of ether oxygens (including phenoxy) is 1. The molecular weight excluding hydrogens is 272 g/mol. The standard InChI is InChI=1S/C13H22N6O2/c1-3-21-7-12-17-10(6-11(18-12)19-14)15-8(2)13(20)16-9-4-5-9/h6,8-9H,3-5,7,14H2,1-2H3,(H,16,20)(H2,15,17,18,19). The van der Waals surface area contributed by atoms with Gasteiger partial charge in [0.05, 0.1) is 0 Å². The lowest BCUT2D eigenvalue weighted by molar-refractivity contribution is -0.121. The van der Waals surface area contributed by atoms with E-state index in [9.17, 15) is 4.79 Å². The minimum absolute atomic E-state index is 0.0373. The highest BCUT2D eigenvalue weighted by Crippen LogP contribution is 2.19. The number of nitrogens with two attached hydrogens (primary N) is 1. The normalized spacial score (nSPS) is 15.4. The summed E-state index contributed by atoms with van der Waals surface area (Å²) in [5.41, 5.74) is 2.48. The van der Waals surface area contributed by atoms with E-state index in [0.29, 0.717) is 36.7 Å². The number of hydrogen-bond donors (Lipinski definition) is 4. The molecule has 0 bridgehead atoms. The molecule has 0 aromatic carbocycles. The van der Waals surface area contributed by atoms with Gasteiger partial charge in [-0.1, -0.05) is 0 Å². The maximum absolute atomic E-state index is 11.9. The van der Waals surface area contributed by atoms with E-state index in [4.69, 9.17) is 10.6 Å². The van der Waals surface area contributed by atoms with Gasteiger partial charge in [0.15, 0.2) is 5.82 Å². The highest BCUT2D eigenvalue weighted by molar-refractivity contribution is 5.84. The van der Waals surface area contributed by atoms with E-state index in [2.05, 4.69) is 26.0 Å². The average molecular weight is 294 g/mol. The molecule has 21 heavy (non-hydrogen) atoms. The van der Waals surface area contributed by atoms with E-state index in [1.54, 1.807) is 13.0 Å². The first-order valence-corrected chi connectivity index (χ1v) is 7.11. The summed E-state index contributed by atoms with van der Waals surface area (Å²) >= 11 is 0. The summed E-state index contributed by atoms with van der Waals surface area (Å²) in [6, 6.07) is 1.60. The van der Waals surface area contributed by atoms with E-state index in [1.807, 2.05) is 6.92 Å². The Morgan fingerprint density at radius 2 is 2.19 bits per heavy atom. The first-order valence-electron chi connectivity index (χ1n) is 7.11. The Labute approximate surface area is 123 Å². The molecule has 1 aromatic rings. The fourth-order valence-electron chi connectivity index (χ4n) is 1.74. The zero-order valence-electron chi connectivity index (χ0n) is 12.3. The quantitative estimate of drug-likeness (QED) is 0.405. The second-order valence-corrected chi connectivity index (χ2v) is 4.99. The first kappa shape index (κ1) is 15.5. The molecule has 1 saturated carbocycles. The number of anilines is 2. The van der Waals surface area contributed by atoms with Gasteiger partial charge in [-0.25, -0.2) is 15.8 Å². The van der Waals surface area contributed by atoms with Crippen LogP contribution in [-0.2, 0) is 16.1 Å². The van der Waals surface area contributed by atoms with Crippen LogP contribution in [0, 0.1) is 0 Å². The molecule has 1 amide bonds. The fourth-order valence-corrected chi connectivity index (χ4v) is 1.74. The number of nitrogen functional groups attached to an aromatic ring is 1. The van der Waals surface area contributed by atoms with Crippen molar-refractivity contribution >= 4 is 17.5 Å². The number of carbonyl (C=O) groups is 1. The lowest BCUT2D eigenvalue weighted by Crippen LogP contribution is -2.38. The van der Waals surface area contributed by atoms with Crippen molar-refractivity contribution < 1.29 is 9.53 Å². The van der Waals surface area contributed by atoms with Crippen LogP contribution in [-0.4, -0.2) is 34.6 Å². The number of hydrazine groups is 1. The van der Waals surface area contributed by atoms with E-state index in [1.165, 1.54) is 0 Å². The third-order valence-electron chi connectivity index (χ3n) is 3.04. The summed E-state index contributed by atoms with van der Waals surface area (Å²) in [7, 11) is 0. The third kappa shape index (κ3) is 4.83. The van der Waals surface area contributed by atoms with Crippen molar-refractivity contribution in [1.29, 1.82) is 0 Å². The van der Waals surface area contributed by atoms with Crippen LogP contribution in [0.25, 0.3) is 0 Å². The van der Waals surface area contributed by atoms with Gasteiger partial charge < -0.3 is 20.8 Å². The summed E-state index contributed by atoms with van der Waals surface area (Å²) in [6.07, 6.45) is 2.12. The van der Waals surface area contributed by atoms with Crippen LogP contribution in [0.2, 0.25) is 0 Å². The Hall–Kier alpha value is -1.93. The molecule has 0 spiro atoms. The van der Waals surface area contributed by atoms with Gasteiger partial charge in [-0.3, -0.25) is 4.79 Å². The summed E-state index contributed by atoms with van der Waals surface area (Å²) in [6.45, 7) is 4.56. The zero-order chi connectivity index (χ0) is 15.2. The minimum atomic E-state index is -0.383. The lowest BCUT2D eigenvalue weighted by Gasteiger charge is -2.15. The second kappa shape index (κ2) is 7.19. The predicted molar refractivity (Wildman–Crippen MR) is 79.4 cm³/mol. The number of amides is 1. The van der Waals surface area contributed by atoms with Crippen molar-refractivity contribution in [3.8, 4) is 0 Å². The van der Waals surface area contributed by atoms with Crippen LogP contribution in [0.3, 0.4) is 0 Å². The summed E-state index contributed by atoms with van der Waals surface area (Å²) in [4.78, 5) is 20.4. The van der Waals surface area contributed by atoms with E-state index >= 15 is 0 Å². The first-order chi connectivity index (χ1) is 10.1. The summed E-state index contributed by atoms with van der Waals surface area (Å²) in [5, 5.41) is 5.99. The lowest BCUT2D eigenvalue weighted by atomic mass is 10.3. The molecule has 8 nitrogen and oxygen atoms in total. The van der Waals surface area contributed by atoms with E-state index in [0.717, 1.165) is 12.8 Å². The van der Waals surface area contributed by atoms with Gasteiger partial charge in [0.2, 0.25) is 5.91 Å². The maximum Gasteiger partial charge on any atom is 0.242 e. The van der Waals surface area contributed by atoms with Crippen LogP contribution >= 0.6 is 0 Å². The highest BCUT2D eigenvalue weighted by Gasteiger charge is 2.25. The minimum Gasteiger partial charge on any atom is -0.374 e. The van der Waals surface area contributed by atoms with Crippen LogP contribution in [0.1, 0.15) is 32.5 Å². The van der Waals surface area contributed by atoms with Crippen LogP contribution < -0.4 is 21.9 Å². The molecule has 1 unspecified atom stereocenters. The molecular formula is C13H22N6O2. The molecule has 1 atom stereocenters. The number of nitrogens with one attached hydrogen (secondary N) is 3. The zero-order valence-corrected chi connectivity index (χ0v) is 12.3. The molecule has 116 valence electrons. The molecule has 5 N–H and O–H groups in total. The number of rotatable bonds is 8. The van der Waals surface area contributed by atoms with Gasteiger partial charge in [-0.05, 0) is 26.7 Å². The molecule has 0 aliphatic heterocycles. The molecule has 1 aliphatic rings. The maximum atomic E-state index is 11.9. The number of hydrogen-bond acceptors (Lipinski definition) is 7. The van der Waals surface area contributed by atoms with Gasteiger partial charge in [0.1, 0.15) is 24.3 Å². The van der Waals surface area contributed by atoms with Gasteiger partial charge in [0, 0.05) is 18.7 Å². The Balaban J connectivity index is 2.00. The Morgan fingerprint density at radius 3 is 2.81 bits per heavy atom. The Kier molecular flexibility index (Phi) is 5.29. The molecule has 0 radical (unpaired) electrons. The molecule has 8 heteroatoms. The van der Waals surface area contributed by atoms with Crippen molar-refractivity contribution in [2.24, 2.45) is 5.84 Å². The van der Waals surface area contributed by atoms with Gasteiger partial charge in [0.25, 0.3) is 0 Å². The van der Waals surface area contributed by atoms with Gasteiger partial charge in [-0.2, -0.15) is 0 Å². The third-order valence-corrected chi connectivity index (χ3v) is 3.04. The largest absolute Gasteiger partial charge is 0.374 e. The van der Waals surface area contributed by atoms with Crippen LogP contribution in [0.4, 0.5) is 11.6 Å². The monoisotopic (exact) mass is 294 g/mol. The van der Waals surface area contributed by atoms with Crippen molar-refractivity contribution in [2.45, 2.75) is 45.4 Å². The van der Waals surface area contributed by atoms with Crippen molar-refractivity contribution in [3.05, 3.63) is 11.9 Å². The molecule has 1 fully saturated rings. The summed E-state index contributed by atoms with van der Waals surface area (Å²) < 4.78 is 5.29. The Morgan fingerprint density at radius 1 is 1.48 bits per heavy atom. The topological polar surface area (TPSA) is 114 Å². The second-order valence-electron chi connectivity index (χ2n) is 4.99. The van der Waals surface area contributed by atoms with Crippen LogP contribution in [0.15, 0.2) is 6.07 Å². The highest BCUT2D eigenvalue weighted by atomic mass is 16.5. The predicted octanol–water partition coefficient (Wildman–Crippen LogP) is 0.378. The molecule has 2 rings (SSSR count). The van der Waals surface area contributed by atoms with Crippen LogP contribution in [0.5, 0.6) is 0 Å². The average Bonchev–Trinajstić information content (AvgIpc) is 3.28. The fraction of sp³-hybridized carbons (Fsp3) is 0.615. The molecule has 0 saturated heterocycles. The summed E-state index contributed by atoms with van der Waals surface area (Å²) in [5.74, 6) is 6.86. The smallest absolute Gasteiger partial charge is 0.242 e. The van der Waals surface area contributed by atoms with E-state index < -0.39 is 0 Å². The number of nitrogens with zero attached hydrogens (tertiary/aromatic N) is 2. The molecule has 1 aliphatic carbocycles. The van der Waals surface area contributed by atoms with Gasteiger partial charge in [-0.15, -0.1) is 0 Å². The van der Waals surface area contributed by atoms with Crippen molar-refractivity contribution in [1.82, 2.24) is 15.3 Å². The van der Waals surface area contributed by atoms with Gasteiger partial charge >= 0.3 is 0 Å². The Bertz CT molecular complexity index is 492. The van der Waals surface area contributed by atoms with Crippen molar-refractivity contribution in [2.75, 3.05) is 17.3 Å². The van der Waals surface area contributed by atoms with Crippen molar-refractivity contribution in [3.63, 3.8) is 0 Å². The van der Waals surface area contributed by atoms with E-state index in [-0.39, 0.29) is 11.9 Å². The number of aromatic nitrogens is 2. The number of carbonyl (C=O) groups excluding carboxylic acids is 1. The molecule has 1 aromatic heterocycles. The SMILES string of the molecule is CCOCc1nc(NN)cc(NC(C)C(=O)NC2CC2)n1. The molecule has 1 heterocycles.